The van der Waals surface area contributed by atoms with Gasteiger partial charge in [-0.1, -0.05) is 13.8 Å². The van der Waals surface area contributed by atoms with Crippen LogP contribution in [-0.2, 0) is 4.79 Å². The van der Waals surface area contributed by atoms with Crippen LogP contribution in [0.1, 0.15) is 69.4 Å². The first-order chi connectivity index (χ1) is 17.3. The Morgan fingerprint density at radius 2 is 1.78 bits per heavy atom. The Morgan fingerprint density at radius 1 is 1.11 bits per heavy atom. The molecular weight excluding hydrogens is 473 g/mol. The number of carbonyl (C=O) groups excluding carboxylic acids is 2. The van der Waals surface area contributed by atoms with Crippen molar-refractivity contribution in [1.82, 2.24) is 24.4 Å². The molecule has 1 aliphatic carbocycles. The second kappa shape index (κ2) is 8.90. The molecule has 2 aliphatic rings. The van der Waals surface area contributed by atoms with Crippen molar-refractivity contribution >= 4 is 17.5 Å². The van der Waals surface area contributed by atoms with Crippen molar-refractivity contribution in [3.63, 3.8) is 0 Å². The highest BCUT2D eigenvalue weighted by molar-refractivity contribution is 5.94. The molecule has 1 aliphatic heterocycles. The highest BCUT2D eigenvalue weighted by atomic mass is 19.1. The van der Waals surface area contributed by atoms with E-state index in [1.54, 1.807) is 34.7 Å². The summed E-state index contributed by atoms with van der Waals surface area (Å²) in [7, 11) is 0. The third-order valence-electron chi connectivity index (χ3n) is 7.62. The maximum absolute atomic E-state index is 13.7. The van der Waals surface area contributed by atoms with Crippen molar-refractivity contribution in [3.05, 3.63) is 53.6 Å². The van der Waals surface area contributed by atoms with Crippen LogP contribution in [0.25, 0.3) is 16.9 Å². The number of nitrogens with zero attached hydrogens (tertiary/aromatic N) is 5. The average molecular weight is 508 g/mol. The van der Waals surface area contributed by atoms with Crippen LogP contribution in [0.15, 0.2) is 36.5 Å². The third kappa shape index (κ3) is 4.72. The van der Waals surface area contributed by atoms with Gasteiger partial charge in [-0.05, 0) is 69.9 Å². The largest absolute Gasteiger partial charge is 0.390 e. The molecule has 2 aromatic heterocycles. The first kappa shape index (κ1) is 25.3. The summed E-state index contributed by atoms with van der Waals surface area (Å²) in [5.74, 6) is -0.477. The van der Waals surface area contributed by atoms with Crippen LogP contribution in [0.4, 0.5) is 4.39 Å². The smallest absolute Gasteiger partial charge is 0.274 e. The van der Waals surface area contributed by atoms with Gasteiger partial charge in [0.2, 0.25) is 5.91 Å². The van der Waals surface area contributed by atoms with E-state index in [2.05, 4.69) is 23.9 Å². The lowest BCUT2D eigenvalue weighted by atomic mass is 9.71. The first-order valence-electron chi connectivity index (χ1n) is 12.8. The molecule has 3 aromatic rings. The van der Waals surface area contributed by atoms with Crippen LogP contribution >= 0.6 is 0 Å². The Bertz CT molecular complexity index is 1350. The summed E-state index contributed by atoms with van der Waals surface area (Å²) in [6.45, 7) is 11.1. The van der Waals surface area contributed by atoms with Gasteiger partial charge in [-0.2, -0.15) is 5.10 Å². The number of hydrogen-bond donors (Lipinski definition) is 1. The molecule has 5 rings (SSSR count). The lowest BCUT2D eigenvalue weighted by molar-refractivity contribution is -0.153. The lowest BCUT2D eigenvalue weighted by Crippen LogP contribution is -2.63. The molecule has 9 heteroatoms. The zero-order valence-electron chi connectivity index (χ0n) is 22.0. The molecule has 0 atom stereocenters. The zero-order chi connectivity index (χ0) is 26.7. The molecule has 1 N–H and O–H groups in total. The summed E-state index contributed by atoms with van der Waals surface area (Å²) in [5.41, 5.74) is 1.98. The van der Waals surface area contributed by atoms with E-state index in [9.17, 15) is 19.1 Å². The number of halogens is 1. The molecule has 0 unspecified atom stereocenters. The van der Waals surface area contributed by atoms with Gasteiger partial charge < -0.3 is 14.9 Å². The molecule has 8 nitrogen and oxygen atoms in total. The molecule has 0 spiro atoms. The van der Waals surface area contributed by atoms with Gasteiger partial charge in [0.25, 0.3) is 5.91 Å². The lowest BCUT2D eigenvalue weighted by Gasteiger charge is -2.49. The maximum atomic E-state index is 13.7. The number of aromatic nitrogens is 3. The van der Waals surface area contributed by atoms with E-state index in [1.807, 2.05) is 24.8 Å². The van der Waals surface area contributed by atoms with Crippen LogP contribution in [0.2, 0.25) is 0 Å². The summed E-state index contributed by atoms with van der Waals surface area (Å²) < 4.78 is 15.1. The van der Waals surface area contributed by atoms with E-state index in [1.165, 1.54) is 12.1 Å². The molecular formula is C28H34FN5O3. The molecule has 0 radical (unpaired) electrons. The Kier molecular flexibility index (Phi) is 6.09. The SMILES string of the molecule is CC(C)c1cc(-c2ccc(F)cc2)nn2cc(C(=O)N3CCN(C(=O)C4CC(C)(O)C4)CC3(C)C)nc12. The van der Waals surface area contributed by atoms with Crippen LogP contribution in [0.3, 0.4) is 0 Å². The Morgan fingerprint density at radius 3 is 2.38 bits per heavy atom. The normalized spacial score (nSPS) is 23.4. The summed E-state index contributed by atoms with van der Waals surface area (Å²) in [6, 6.07) is 8.12. The molecule has 1 saturated carbocycles. The van der Waals surface area contributed by atoms with Crippen molar-refractivity contribution in [1.29, 1.82) is 0 Å². The number of carbonyl (C=O) groups is 2. The molecule has 3 heterocycles. The van der Waals surface area contributed by atoms with Crippen LogP contribution in [-0.4, -0.2) is 72.1 Å². The molecule has 2 fully saturated rings. The van der Waals surface area contributed by atoms with Crippen LogP contribution < -0.4 is 0 Å². The summed E-state index contributed by atoms with van der Waals surface area (Å²) in [6.07, 6.45) is 2.62. The van der Waals surface area contributed by atoms with Gasteiger partial charge in [-0.25, -0.2) is 13.9 Å². The average Bonchev–Trinajstić information content (AvgIpc) is 3.25. The monoisotopic (exact) mass is 507 g/mol. The number of imidazole rings is 1. The fourth-order valence-electron chi connectivity index (χ4n) is 5.58. The summed E-state index contributed by atoms with van der Waals surface area (Å²) in [4.78, 5) is 34.9. The van der Waals surface area contributed by atoms with Gasteiger partial charge in [0.05, 0.1) is 23.0 Å². The summed E-state index contributed by atoms with van der Waals surface area (Å²) in [5, 5.41) is 14.7. The van der Waals surface area contributed by atoms with E-state index in [0.29, 0.717) is 49.5 Å². The molecule has 1 aromatic carbocycles. The van der Waals surface area contributed by atoms with Crippen molar-refractivity contribution in [2.24, 2.45) is 5.92 Å². The molecule has 0 bridgehead atoms. The minimum atomic E-state index is -0.754. The van der Waals surface area contributed by atoms with Crippen LogP contribution in [0.5, 0.6) is 0 Å². The second-order valence-corrected chi connectivity index (χ2v) is 11.7. The van der Waals surface area contributed by atoms with Gasteiger partial charge in [-0.3, -0.25) is 9.59 Å². The van der Waals surface area contributed by atoms with E-state index in [4.69, 9.17) is 0 Å². The highest BCUT2D eigenvalue weighted by Crippen LogP contribution is 2.39. The number of aliphatic hydroxyl groups is 1. The second-order valence-electron chi connectivity index (χ2n) is 11.7. The van der Waals surface area contributed by atoms with Gasteiger partial charge in [-0.15, -0.1) is 0 Å². The topological polar surface area (TPSA) is 91.0 Å². The fourth-order valence-corrected chi connectivity index (χ4v) is 5.58. The molecule has 196 valence electrons. The van der Waals surface area contributed by atoms with E-state index in [0.717, 1.165) is 11.1 Å². The van der Waals surface area contributed by atoms with Crippen molar-refractivity contribution < 1.29 is 19.1 Å². The summed E-state index contributed by atoms with van der Waals surface area (Å²) >= 11 is 0. The number of fused-ring (bicyclic) bond motifs is 1. The Labute approximate surface area is 216 Å². The first-order valence-corrected chi connectivity index (χ1v) is 12.8. The predicted octanol–water partition coefficient (Wildman–Crippen LogP) is 3.88. The van der Waals surface area contributed by atoms with Crippen LogP contribution in [0, 0.1) is 11.7 Å². The fraction of sp³-hybridized carbons (Fsp3) is 0.500. The van der Waals surface area contributed by atoms with Crippen molar-refractivity contribution in [2.45, 2.75) is 64.5 Å². The zero-order valence-corrected chi connectivity index (χ0v) is 22.0. The predicted molar refractivity (Wildman–Crippen MR) is 138 cm³/mol. The minimum Gasteiger partial charge on any atom is -0.390 e. The van der Waals surface area contributed by atoms with Crippen molar-refractivity contribution in [3.8, 4) is 11.3 Å². The van der Waals surface area contributed by atoms with Gasteiger partial charge in [0.1, 0.15) is 11.5 Å². The van der Waals surface area contributed by atoms with Crippen molar-refractivity contribution in [2.75, 3.05) is 19.6 Å². The number of rotatable bonds is 4. The molecule has 37 heavy (non-hydrogen) atoms. The van der Waals surface area contributed by atoms with Gasteiger partial charge in [0, 0.05) is 36.7 Å². The number of benzene rings is 1. The quantitative estimate of drug-likeness (QED) is 0.579. The Hall–Kier alpha value is -3.33. The standard InChI is InChI=1S/C28H34FN5O3/c1-17(2)21-12-22(18-6-8-20(29)9-7-18)31-34-15-23(30-24(21)34)26(36)33-11-10-32(16-27(33,3)4)25(35)19-13-28(5,37)14-19/h6-9,12,15,17,19,37H,10-11,13-14,16H2,1-5H3. The highest BCUT2D eigenvalue weighted by Gasteiger charge is 2.46. The maximum Gasteiger partial charge on any atom is 0.274 e. The number of piperazine rings is 1. The molecule has 2 amide bonds. The third-order valence-corrected chi connectivity index (χ3v) is 7.62. The van der Waals surface area contributed by atoms with Gasteiger partial charge >= 0.3 is 0 Å². The Balaban J connectivity index is 1.40. The van der Waals surface area contributed by atoms with Gasteiger partial charge in [0.15, 0.2) is 5.65 Å². The van der Waals surface area contributed by atoms with E-state index in [-0.39, 0.29) is 29.5 Å². The van der Waals surface area contributed by atoms with E-state index >= 15 is 0 Å². The number of amides is 2. The number of hydrogen-bond acceptors (Lipinski definition) is 5. The minimum absolute atomic E-state index is 0.0542. The van der Waals surface area contributed by atoms with E-state index < -0.39 is 11.1 Å². The molecule has 1 saturated heterocycles.